The number of nitrogens with zero attached hydrogens (tertiary/aromatic N) is 3. The lowest BCUT2D eigenvalue weighted by Crippen LogP contribution is -2.18. The van der Waals surface area contributed by atoms with Gasteiger partial charge >= 0.3 is 5.69 Å². The highest BCUT2D eigenvalue weighted by atomic mass is 16.6. The van der Waals surface area contributed by atoms with E-state index in [9.17, 15) is 30.1 Å². The van der Waals surface area contributed by atoms with Crippen LogP contribution in [0.1, 0.15) is 15.9 Å². The van der Waals surface area contributed by atoms with Crippen molar-refractivity contribution in [3.05, 3.63) is 74.0 Å². The molecule has 27 heavy (non-hydrogen) atoms. The molecular formula is C16H11N5O6. The molecule has 2 aromatic carbocycles. The van der Waals surface area contributed by atoms with Crippen molar-refractivity contribution in [3.63, 3.8) is 0 Å². The highest BCUT2D eigenvalue weighted by Gasteiger charge is 2.27. The number of non-ortho nitro benzene ring substituents is 1. The van der Waals surface area contributed by atoms with Gasteiger partial charge in [0.1, 0.15) is 0 Å². The second-order valence-electron chi connectivity index (χ2n) is 5.36. The summed E-state index contributed by atoms with van der Waals surface area (Å²) in [5.41, 5.74) is 1.33. The van der Waals surface area contributed by atoms with E-state index in [4.69, 9.17) is 0 Å². The van der Waals surface area contributed by atoms with Crippen LogP contribution in [0.3, 0.4) is 0 Å². The number of carbonyl (C=O) groups excluding carboxylic acids is 1. The summed E-state index contributed by atoms with van der Waals surface area (Å²) in [5.74, 6) is -2.01. The van der Waals surface area contributed by atoms with Crippen molar-refractivity contribution in [2.24, 2.45) is 5.10 Å². The van der Waals surface area contributed by atoms with Crippen LogP contribution in [0.5, 0.6) is 5.75 Å². The Morgan fingerprint density at radius 1 is 1.19 bits per heavy atom. The molecule has 0 saturated carbocycles. The first-order valence-electron chi connectivity index (χ1n) is 7.44. The predicted molar refractivity (Wildman–Crippen MR) is 94.8 cm³/mol. The molecule has 0 aliphatic carbocycles. The van der Waals surface area contributed by atoms with Crippen molar-refractivity contribution in [1.82, 2.24) is 10.4 Å². The molecule has 0 unspecified atom stereocenters. The number of nitro groups is 2. The molecule has 0 spiro atoms. The van der Waals surface area contributed by atoms with Gasteiger partial charge in [-0.2, -0.15) is 5.10 Å². The van der Waals surface area contributed by atoms with Crippen LogP contribution in [-0.4, -0.2) is 32.1 Å². The maximum absolute atomic E-state index is 12.2. The van der Waals surface area contributed by atoms with Crippen molar-refractivity contribution in [3.8, 4) is 5.75 Å². The van der Waals surface area contributed by atoms with Crippen molar-refractivity contribution in [2.75, 3.05) is 0 Å². The lowest BCUT2D eigenvalue weighted by molar-refractivity contribution is -0.394. The van der Waals surface area contributed by atoms with Gasteiger partial charge in [-0.3, -0.25) is 25.0 Å². The van der Waals surface area contributed by atoms with Gasteiger partial charge in [0.2, 0.25) is 5.75 Å². The molecule has 0 aliphatic heterocycles. The van der Waals surface area contributed by atoms with Gasteiger partial charge in [0, 0.05) is 28.7 Å². The summed E-state index contributed by atoms with van der Waals surface area (Å²) in [5, 5.41) is 36.3. The fourth-order valence-corrected chi connectivity index (χ4v) is 2.44. The average Bonchev–Trinajstić information content (AvgIpc) is 3.04. The lowest BCUT2D eigenvalue weighted by Gasteiger charge is -2.04. The minimum Gasteiger partial charge on any atom is -0.502 e. The number of rotatable bonds is 5. The first-order chi connectivity index (χ1) is 12.9. The fraction of sp³-hybridized carbons (Fsp3) is 0. The number of amides is 1. The summed E-state index contributed by atoms with van der Waals surface area (Å²) >= 11 is 0. The van der Waals surface area contributed by atoms with E-state index < -0.39 is 38.4 Å². The van der Waals surface area contributed by atoms with Crippen LogP contribution in [0.25, 0.3) is 10.9 Å². The van der Waals surface area contributed by atoms with Crippen molar-refractivity contribution in [2.45, 2.75) is 0 Å². The Labute approximate surface area is 150 Å². The third-order valence-corrected chi connectivity index (χ3v) is 3.72. The number of fused-ring (bicyclic) bond motifs is 1. The fourth-order valence-electron chi connectivity index (χ4n) is 2.44. The molecule has 0 radical (unpaired) electrons. The van der Waals surface area contributed by atoms with E-state index >= 15 is 0 Å². The molecule has 1 heterocycles. The Balaban J connectivity index is 1.87. The van der Waals surface area contributed by atoms with Gasteiger partial charge in [0.25, 0.3) is 11.6 Å². The molecule has 0 atom stereocenters. The summed E-state index contributed by atoms with van der Waals surface area (Å²) in [4.78, 5) is 35.1. The number of benzene rings is 2. The van der Waals surface area contributed by atoms with Crippen LogP contribution >= 0.6 is 0 Å². The van der Waals surface area contributed by atoms with E-state index in [1.807, 2.05) is 24.3 Å². The molecule has 11 heteroatoms. The molecule has 0 bridgehead atoms. The summed E-state index contributed by atoms with van der Waals surface area (Å²) in [7, 11) is 0. The minimum atomic E-state index is -1.03. The van der Waals surface area contributed by atoms with Gasteiger partial charge in [0.15, 0.2) is 0 Å². The van der Waals surface area contributed by atoms with E-state index in [-0.39, 0.29) is 0 Å². The largest absolute Gasteiger partial charge is 0.502 e. The number of H-pyrrole nitrogens is 1. The standard InChI is InChI=1S/C16H11N5O6/c22-15-12(5-10(20(24)25)6-14(15)21(26)27)16(23)19-18-8-9-7-17-13-4-2-1-3-11(9)13/h1-8,17,22H,(H,19,23). The van der Waals surface area contributed by atoms with Gasteiger partial charge in [0.05, 0.1) is 27.7 Å². The monoisotopic (exact) mass is 369 g/mol. The summed E-state index contributed by atoms with van der Waals surface area (Å²) < 4.78 is 0. The number of aromatic amines is 1. The summed E-state index contributed by atoms with van der Waals surface area (Å²) in [6.07, 6.45) is 3.00. The van der Waals surface area contributed by atoms with Crippen LogP contribution in [0.15, 0.2) is 47.7 Å². The molecule has 3 N–H and O–H groups in total. The van der Waals surface area contributed by atoms with E-state index in [1.54, 1.807) is 6.20 Å². The number of hydrogen-bond acceptors (Lipinski definition) is 7. The van der Waals surface area contributed by atoms with E-state index in [1.165, 1.54) is 6.21 Å². The van der Waals surface area contributed by atoms with Crippen LogP contribution in [0.2, 0.25) is 0 Å². The Morgan fingerprint density at radius 2 is 1.93 bits per heavy atom. The van der Waals surface area contributed by atoms with Gasteiger partial charge in [-0.1, -0.05) is 18.2 Å². The average molecular weight is 369 g/mol. The molecule has 11 nitrogen and oxygen atoms in total. The maximum atomic E-state index is 12.2. The third-order valence-electron chi connectivity index (χ3n) is 3.72. The Bertz CT molecular complexity index is 1100. The molecular weight excluding hydrogens is 358 g/mol. The van der Waals surface area contributed by atoms with Gasteiger partial charge in [-0.15, -0.1) is 0 Å². The molecule has 136 valence electrons. The van der Waals surface area contributed by atoms with Crippen molar-refractivity contribution >= 4 is 34.4 Å². The van der Waals surface area contributed by atoms with Gasteiger partial charge in [-0.05, 0) is 6.07 Å². The van der Waals surface area contributed by atoms with Crippen molar-refractivity contribution < 1.29 is 19.7 Å². The molecule has 1 aromatic heterocycles. The third kappa shape index (κ3) is 3.42. The van der Waals surface area contributed by atoms with Crippen LogP contribution < -0.4 is 5.43 Å². The van der Waals surface area contributed by atoms with Gasteiger partial charge in [-0.25, -0.2) is 5.43 Å². The highest BCUT2D eigenvalue weighted by molar-refractivity contribution is 6.01. The zero-order valence-electron chi connectivity index (χ0n) is 13.4. The first kappa shape index (κ1) is 17.5. The summed E-state index contributed by atoms with van der Waals surface area (Å²) in [6, 6.07) is 8.67. The predicted octanol–water partition coefficient (Wildman–Crippen LogP) is 2.45. The highest BCUT2D eigenvalue weighted by Crippen LogP contribution is 2.34. The quantitative estimate of drug-likeness (QED) is 0.355. The second-order valence-corrected chi connectivity index (χ2v) is 5.36. The number of phenolic OH excluding ortho intramolecular Hbond substituents is 1. The smallest absolute Gasteiger partial charge is 0.318 e. The molecule has 0 aliphatic rings. The zero-order chi connectivity index (χ0) is 19.6. The molecule has 3 rings (SSSR count). The Morgan fingerprint density at radius 3 is 2.63 bits per heavy atom. The molecule has 1 amide bonds. The van der Waals surface area contributed by atoms with Gasteiger partial charge < -0.3 is 10.1 Å². The normalized spacial score (nSPS) is 11.0. The SMILES string of the molecule is O=C(NN=Cc1c[nH]c2ccccc12)c1cc([N+](=O)[O-])cc([N+](=O)[O-])c1O. The summed E-state index contributed by atoms with van der Waals surface area (Å²) in [6.45, 7) is 0. The zero-order valence-corrected chi connectivity index (χ0v) is 13.4. The number of carbonyl (C=O) groups is 1. The topological polar surface area (TPSA) is 164 Å². The first-order valence-corrected chi connectivity index (χ1v) is 7.44. The number of hydrogen-bond donors (Lipinski definition) is 3. The van der Waals surface area contributed by atoms with Crippen LogP contribution in [-0.2, 0) is 0 Å². The van der Waals surface area contributed by atoms with E-state index in [2.05, 4.69) is 15.5 Å². The number of para-hydroxylation sites is 1. The Hall–Kier alpha value is -4.28. The second kappa shape index (κ2) is 6.92. The van der Waals surface area contributed by atoms with Crippen molar-refractivity contribution in [1.29, 1.82) is 0 Å². The number of aromatic nitrogens is 1. The van der Waals surface area contributed by atoms with E-state index in [0.29, 0.717) is 11.6 Å². The van der Waals surface area contributed by atoms with Crippen LogP contribution in [0.4, 0.5) is 11.4 Å². The Kier molecular flexibility index (Phi) is 4.49. The number of nitrogens with one attached hydrogen (secondary N) is 2. The molecule has 0 fully saturated rings. The number of nitro benzene ring substituents is 2. The van der Waals surface area contributed by atoms with Crippen LogP contribution in [0, 0.1) is 20.2 Å². The lowest BCUT2D eigenvalue weighted by atomic mass is 10.1. The molecule has 0 saturated heterocycles. The number of hydrazone groups is 1. The minimum absolute atomic E-state index is 0.571. The molecule has 3 aromatic rings. The maximum Gasteiger partial charge on any atom is 0.318 e. The van der Waals surface area contributed by atoms with E-state index in [0.717, 1.165) is 17.0 Å². The number of phenols is 1. The number of aromatic hydroxyl groups is 1.